The minimum absolute atomic E-state index is 0.317. The molecule has 1 fully saturated rings. The van der Waals surface area contributed by atoms with Gasteiger partial charge >= 0.3 is 12.1 Å². The van der Waals surface area contributed by atoms with Crippen molar-refractivity contribution in [3.8, 4) is 0 Å². The van der Waals surface area contributed by atoms with E-state index < -0.39 is 17.7 Å². The van der Waals surface area contributed by atoms with Crippen molar-refractivity contribution < 1.29 is 14.7 Å². The monoisotopic (exact) mass is 518 g/mol. The Morgan fingerprint density at radius 2 is 1.91 bits per heavy atom. The van der Waals surface area contributed by atoms with E-state index >= 15 is 0 Å². The Hall–Kier alpha value is -3.17. The average molecular weight is 519 g/mol. The predicted molar refractivity (Wildman–Crippen MR) is 140 cm³/mol. The van der Waals surface area contributed by atoms with Crippen molar-refractivity contribution in [1.82, 2.24) is 14.9 Å². The summed E-state index contributed by atoms with van der Waals surface area (Å²) in [6, 6.07) is 6.56. The Balaban J connectivity index is 1.49. The molecule has 1 unspecified atom stereocenters. The van der Waals surface area contributed by atoms with Crippen molar-refractivity contribution in [3.05, 3.63) is 46.7 Å². The molecule has 186 valence electrons. The van der Waals surface area contributed by atoms with Gasteiger partial charge in [0.15, 0.2) is 0 Å². The van der Waals surface area contributed by atoms with Crippen molar-refractivity contribution in [1.29, 1.82) is 0 Å². The van der Waals surface area contributed by atoms with E-state index in [1.54, 1.807) is 24.4 Å². The zero-order valence-electron chi connectivity index (χ0n) is 19.9. The molecule has 0 radical (unpaired) electrons. The summed E-state index contributed by atoms with van der Waals surface area (Å²) in [5, 5.41) is 17.0. The number of amides is 3. The quantitative estimate of drug-likeness (QED) is 0.333. The van der Waals surface area contributed by atoms with Gasteiger partial charge in [0, 0.05) is 41.8 Å². The summed E-state index contributed by atoms with van der Waals surface area (Å²) in [7, 11) is 0. The van der Waals surface area contributed by atoms with Crippen LogP contribution in [0.4, 0.5) is 26.8 Å². The fraction of sp³-hybridized carbons (Fsp3) is 0.375. The highest BCUT2D eigenvalue weighted by Gasteiger charge is 2.49. The summed E-state index contributed by atoms with van der Waals surface area (Å²) < 4.78 is 0. The van der Waals surface area contributed by atoms with Gasteiger partial charge in [-0.15, -0.1) is 0 Å². The first-order valence-corrected chi connectivity index (χ1v) is 11.9. The number of nitrogens with one attached hydrogen (secondary N) is 3. The molecule has 1 aromatic carbocycles. The second-order valence-electron chi connectivity index (χ2n) is 9.88. The van der Waals surface area contributed by atoms with Gasteiger partial charge in [0.1, 0.15) is 5.82 Å². The molecular weight excluding hydrogens is 491 g/mol. The Morgan fingerprint density at radius 3 is 2.57 bits per heavy atom. The average Bonchev–Trinajstić information content (AvgIpc) is 3.14. The van der Waals surface area contributed by atoms with E-state index in [9.17, 15) is 14.7 Å². The molecule has 0 spiro atoms. The molecule has 9 nitrogen and oxygen atoms in total. The van der Waals surface area contributed by atoms with E-state index in [0.29, 0.717) is 46.9 Å². The number of hydrogen-bond acceptors (Lipinski definition) is 4. The number of benzene rings is 1. The highest BCUT2D eigenvalue weighted by atomic mass is 35.5. The number of pyridine rings is 1. The molecule has 0 saturated carbocycles. The Morgan fingerprint density at radius 1 is 1.17 bits per heavy atom. The normalized spacial score (nSPS) is 18.6. The second-order valence-corrected chi connectivity index (χ2v) is 10.7. The smallest absolute Gasteiger partial charge is 0.407 e. The highest BCUT2D eigenvalue weighted by Crippen LogP contribution is 2.40. The van der Waals surface area contributed by atoms with Crippen molar-refractivity contribution in [2.75, 3.05) is 35.2 Å². The maximum Gasteiger partial charge on any atom is 0.407 e. The number of nitrogens with zero attached hydrogens (tertiary/aromatic N) is 3. The van der Waals surface area contributed by atoms with Gasteiger partial charge < -0.3 is 25.6 Å². The summed E-state index contributed by atoms with van der Waals surface area (Å²) in [6.07, 6.45) is 2.28. The number of carbonyl (C=O) groups excluding carboxylic acids is 1. The fourth-order valence-electron chi connectivity index (χ4n) is 4.35. The molecule has 3 aromatic rings. The standard InChI is InChI=1S/C24H28Cl2N6O3/c1-23(2,3)24(4)13-31(7-8-32(24)22(34)35)20-17(26)10-15(11-28-20)29-21(33)30-19-12-27-18-6-5-14(25)9-16(18)19/h5-6,9-12,27H,7-8,13H2,1-4H3,(H,34,35)(H2,29,30,33). The zero-order valence-corrected chi connectivity index (χ0v) is 21.5. The number of rotatable bonds is 3. The summed E-state index contributed by atoms with van der Waals surface area (Å²) >= 11 is 12.6. The zero-order chi connectivity index (χ0) is 25.5. The maximum atomic E-state index is 12.6. The van der Waals surface area contributed by atoms with Gasteiger partial charge in [-0.3, -0.25) is 4.90 Å². The maximum absolute atomic E-state index is 12.6. The highest BCUT2D eigenvalue weighted by molar-refractivity contribution is 6.33. The molecular formula is C24H28Cl2N6O3. The fourth-order valence-corrected chi connectivity index (χ4v) is 4.80. The second kappa shape index (κ2) is 9.13. The molecule has 0 aliphatic carbocycles. The van der Waals surface area contributed by atoms with Gasteiger partial charge in [0.2, 0.25) is 0 Å². The summed E-state index contributed by atoms with van der Waals surface area (Å²) in [6.45, 7) is 9.24. The molecule has 1 aliphatic heterocycles. The Bertz CT molecular complexity index is 1290. The van der Waals surface area contributed by atoms with E-state index in [-0.39, 0.29) is 5.41 Å². The Labute approximate surface area is 213 Å². The van der Waals surface area contributed by atoms with Crippen LogP contribution in [0.25, 0.3) is 10.9 Å². The van der Waals surface area contributed by atoms with Crippen LogP contribution in [-0.4, -0.2) is 57.3 Å². The number of anilines is 3. The molecule has 11 heteroatoms. The predicted octanol–water partition coefficient (Wildman–Crippen LogP) is 6.12. The van der Waals surface area contributed by atoms with Gasteiger partial charge in [-0.25, -0.2) is 14.6 Å². The van der Waals surface area contributed by atoms with Crippen molar-refractivity contribution in [3.63, 3.8) is 0 Å². The van der Waals surface area contributed by atoms with Gasteiger partial charge in [0.05, 0.1) is 28.1 Å². The van der Waals surface area contributed by atoms with E-state index in [2.05, 4.69) is 20.6 Å². The van der Waals surface area contributed by atoms with Crippen LogP contribution in [-0.2, 0) is 0 Å². The van der Waals surface area contributed by atoms with Crippen LogP contribution in [0.3, 0.4) is 0 Å². The number of carbonyl (C=O) groups is 2. The first-order valence-electron chi connectivity index (χ1n) is 11.1. The molecule has 35 heavy (non-hydrogen) atoms. The molecule has 1 saturated heterocycles. The van der Waals surface area contributed by atoms with E-state index in [1.807, 2.05) is 38.7 Å². The van der Waals surface area contributed by atoms with Crippen LogP contribution in [0.15, 0.2) is 36.7 Å². The summed E-state index contributed by atoms with van der Waals surface area (Å²) in [5.74, 6) is 0.546. The Kier molecular flexibility index (Phi) is 6.50. The van der Waals surface area contributed by atoms with Crippen LogP contribution in [0, 0.1) is 5.41 Å². The third kappa shape index (κ3) is 4.83. The molecule has 4 N–H and O–H groups in total. The summed E-state index contributed by atoms with van der Waals surface area (Å²) in [4.78, 5) is 35.5. The number of aromatic nitrogens is 2. The number of hydrogen-bond donors (Lipinski definition) is 4. The van der Waals surface area contributed by atoms with Gasteiger partial charge in [-0.2, -0.15) is 0 Å². The van der Waals surface area contributed by atoms with Crippen LogP contribution in [0.5, 0.6) is 0 Å². The third-order valence-electron chi connectivity index (χ3n) is 6.81. The van der Waals surface area contributed by atoms with E-state index in [0.717, 1.165) is 10.9 Å². The van der Waals surface area contributed by atoms with Gasteiger partial charge in [-0.1, -0.05) is 44.0 Å². The van der Waals surface area contributed by atoms with Gasteiger partial charge in [-0.05, 0) is 36.6 Å². The van der Waals surface area contributed by atoms with Crippen LogP contribution >= 0.6 is 23.2 Å². The molecule has 3 heterocycles. The van der Waals surface area contributed by atoms with Crippen molar-refractivity contribution >= 4 is 63.4 Å². The number of H-pyrrole nitrogens is 1. The number of aromatic amines is 1. The largest absolute Gasteiger partial charge is 0.465 e. The van der Waals surface area contributed by atoms with E-state index in [1.165, 1.54) is 11.1 Å². The van der Waals surface area contributed by atoms with Crippen molar-refractivity contribution in [2.45, 2.75) is 33.2 Å². The van der Waals surface area contributed by atoms with Crippen LogP contribution in [0.2, 0.25) is 10.0 Å². The van der Waals surface area contributed by atoms with E-state index in [4.69, 9.17) is 23.2 Å². The number of piperazine rings is 1. The number of halogens is 2. The number of urea groups is 1. The lowest BCUT2D eigenvalue weighted by Crippen LogP contribution is -2.67. The van der Waals surface area contributed by atoms with Crippen LogP contribution in [0.1, 0.15) is 27.7 Å². The topological polar surface area (TPSA) is 114 Å². The SMILES string of the molecule is CC(C)(C)C1(C)CN(c2ncc(NC(=O)Nc3c[nH]c4ccc(Cl)cc34)cc2Cl)CCN1C(=O)O. The lowest BCUT2D eigenvalue weighted by molar-refractivity contribution is 0.00729. The minimum atomic E-state index is -0.941. The first-order chi connectivity index (χ1) is 16.4. The molecule has 2 aromatic heterocycles. The lowest BCUT2D eigenvalue weighted by Gasteiger charge is -2.54. The lowest BCUT2D eigenvalue weighted by atomic mass is 9.72. The van der Waals surface area contributed by atoms with Crippen molar-refractivity contribution in [2.24, 2.45) is 5.41 Å². The van der Waals surface area contributed by atoms with Gasteiger partial charge in [0.25, 0.3) is 0 Å². The number of carboxylic acid groups (broad SMARTS) is 1. The third-order valence-corrected chi connectivity index (χ3v) is 7.32. The molecule has 0 bridgehead atoms. The van der Waals surface area contributed by atoms with Crippen LogP contribution < -0.4 is 15.5 Å². The number of fused-ring (bicyclic) bond motifs is 1. The molecule has 3 amide bonds. The summed E-state index contributed by atoms with van der Waals surface area (Å²) in [5.41, 5.74) is 0.901. The first kappa shape index (κ1) is 24.9. The molecule has 1 atom stereocenters. The molecule has 1 aliphatic rings. The molecule has 4 rings (SSSR count). The minimum Gasteiger partial charge on any atom is -0.465 e.